The molecule has 104 valence electrons. The van der Waals surface area contributed by atoms with Crippen LogP contribution in [0.5, 0.6) is 0 Å². The summed E-state index contributed by atoms with van der Waals surface area (Å²) in [4.78, 5) is 0. The number of benzene rings is 1. The molecule has 19 heavy (non-hydrogen) atoms. The maximum absolute atomic E-state index is 13.4. The van der Waals surface area contributed by atoms with E-state index in [2.05, 4.69) is 16.6 Å². The molecular formula is C13H17FN2O2S. The summed E-state index contributed by atoms with van der Waals surface area (Å²) in [5.41, 5.74) is 5.60. The van der Waals surface area contributed by atoms with Crippen LogP contribution >= 0.6 is 0 Å². The van der Waals surface area contributed by atoms with Crippen molar-refractivity contribution in [2.75, 3.05) is 11.3 Å². The highest BCUT2D eigenvalue weighted by Gasteiger charge is 2.28. The summed E-state index contributed by atoms with van der Waals surface area (Å²) in [5.74, 6) is 4.56. The highest BCUT2D eigenvalue weighted by atomic mass is 32.2. The van der Waals surface area contributed by atoms with E-state index >= 15 is 0 Å². The maximum Gasteiger partial charge on any atom is 0.237 e. The highest BCUT2D eigenvalue weighted by Crippen LogP contribution is 2.21. The number of halogens is 1. The van der Waals surface area contributed by atoms with E-state index in [-0.39, 0.29) is 17.8 Å². The van der Waals surface area contributed by atoms with Crippen LogP contribution < -0.4 is 10.5 Å². The number of rotatable bonds is 2. The van der Waals surface area contributed by atoms with Crippen molar-refractivity contribution in [3.8, 4) is 11.8 Å². The summed E-state index contributed by atoms with van der Waals surface area (Å²) < 4.78 is 38.8. The normalized spacial score (nSPS) is 11.6. The topological polar surface area (TPSA) is 72.2 Å². The monoisotopic (exact) mass is 284 g/mol. The summed E-state index contributed by atoms with van der Waals surface area (Å²) in [6.45, 7) is 4.84. The SMILES string of the molecule is CC(C)(C)S(=O)(=O)Nc1ccc(F)c(C#CCN)c1. The van der Waals surface area contributed by atoms with Gasteiger partial charge in [0.2, 0.25) is 10.0 Å². The van der Waals surface area contributed by atoms with Gasteiger partial charge >= 0.3 is 0 Å². The van der Waals surface area contributed by atoms with E-state index in [1.165, 1.54) is 18.2 Å². The standard InChI is InChI=1S/C13H17FN2O2S/c1-13(2,3)19(17,18)16-11-6-7-12(14)10(9-11)5-4-8-15/h6-7,9,16H,8,15H2,1-3H3. The van der Waals surface area contributed by atoms with E-state index in [1.54, 1.807) is 20.8 Å². The third-order valence-corrected chi connectivity index (χ3v) is 4.47. The van der Waals surface area contributed by atoms with Gasteiger partial charge in [-0.25, -0.2) is 12.8 Å². The molecule has 6 heteroatoms. The van der Waals surface area contributed by atoms with Crippen molar-refractivity contribution >= 4 is 15.7 Å². The van der Waals surface area contributed by atoms with Gasteiger partial charge in [0.05, 0.1) is 16.9 Å². The average molecular weight is 284 g/mol. The fraction of sp³-hybridized carbons (Fsp3) is 0.385. The average Bonchev–Trinajstić information content (AvgIpc) is 2.28. The summed E-state index contributed by atoms with van der Waals surface area (Å²) >= 11 is 0. The summed E-state index contributed by atoms with van der Waals surface area (Å²) in [7, 11) is -3.55. The van der Waals surface area contributed by atoms with Gasteiger partial charge in [-0.3, -0.25) is 4.72 Å². The van der Waals surface area contributed by atoms with Crippen LogP contribution in [0.2, 0.25) is 0 Å². The second-order valence-electron chi connectivity index (χ2n) is 4.92. The third-order valence-electron chi connectivity index (χ3n) is 2.35. The molecule has 0 heterocycles. The van der Waals surface area contributed by atoms with Crippen LogP contribution in [0.4, 0.5) is 10.1 Å². The summed E-state index contributed by atoms with van der Waals surface area (Å²) in [5, 5.41) is 0. The number of anilines is 1. The molecule has 0 aliphatic heterocycles. The predicted octanol–water partition coefficient (Wildman–Crippen LogP) is 1.68. The van der Waals surface area contributed by atoms with Gasteiger partial charge < -0.3 is 5.73 Å². The molecule has 1 aromatic rings. The molecule has 0 fully saturated rings. The zero-order valence-electron chi connectivity index (χ0n) is 11.1. The molecular weight excluding hydrogens is 267 g/mol. The predicted molar refractivity (Wildman–Crippen MR) is 74.6 cm³/mol. The Balaban J connectivity index is 3.11. The molecule has 0 unspecified atom stereocenters. The summed E-state index contributed by atoms with van der Waals surface area (Å²) in [6.07, 6.45) is 0. The van der Waals surface area contributed by atoms with Crippen LogP contribution in [0.25, 0.3) is 0 Å². The first-order valence-corrected chi connectivity index (χ1v) is 7.16. The van der Waals surface area contributed by atoms with Crippen molar-refractivity contribution in [2.24, 2.45) is 5.73 Å². The molecule has 0 saturated heterocycles. The fourth-order valence-corrected chi connectivity index (χ4v) is 1.88. The van der Waals surface area contributed by atoms with Crippen molar-refractivity contribution in [1.29, 1.82) is 0 Å². The minimum absolute atomic E-state index is 0.109. The van der Waals surface area contributed by atoms with E-state index in [0.29, 0.717) is 0 Å². The van der Waals surface area contributed by atoms with Gasteiger partial charge in [0, 0.05) is 5.69 Å². The Labute approximate surface area is 113 Å². The van der Waals surface area contributed by atoms with Crippen LogP contribution in [-0.4, -0.2) is 19.7 Å². The van der Waals surface area contributed by atoms with Crippen molar-refractivity contribution in [2.45, 2.75) is 25.5 Å². The smallest absolute Gasteiger partial charge is 0.237 e. The molecule has 0 aliphatic carbocycles. The molecule has 3 N–H and O–H groups in total. The third kappa shape index (κ3) is 3.94. The minimum atomic E-state index is -3.55. The van der Waals surface area contributed by atoms with Crippen molar-refractivity contribution in [3.05, 3.63) is 29.6 Å². The first-order valence-electron chi connectivity index (χ1n) is 5.68. The Kier molecular flexibility index (Phi) is 4.56. The Morgan fingerprint density at radius 3 is 2.53 bits per heavy atom. The number of sulfonamides is 1. The highest BCUT2D eigenvalue weighted by molar-refractivity contribution is 7.94. The van der Waals surface area contributed by atoms with Crippen LogP contribution in [0.15, 0.2) is 18.2 Å². The molecule has 0 amide bonds. The van der Waals surface area contributed by atoms with Crippen LogP contribution in [0.1, 0.15) is 26.3 Å². The van der Waals surface area contributed by atoms with Gasteiger partial charge in [-0.2, -0.15) is 0 Å². The van der Waals surface area contributed by atoms with E-state index in [1.807, 2.05) is 0 Å². The molecule has 1 rings (SSSR count). The van der Waals surface area contributed by atoms with Crippen molar-refractivity contribution in [1.82, 2.24) is 0 Å². The first kappa shape index (κ1) is 15.5. The van der Waals surface area contributed by atoms with Gasteiger partial charge in [0.15, 0.2) is 0 Å². The Hall–Kier alpha value is -1.58. The van der Waals surface area contributed by atoms with Crippen molar-refractivity contribution < 1.29 is 12.8 Å². The fourth-order valence-electron chi connectivity index (χ4n) is 1.14. The molecule has 0 aliphatic rings. The molecule has 0 aromatic heterocycles. The van der Waals surface area contributed by atoms with E-state index < -0.39 is 20.6 Å². The van der Waals surface area contributed by atoms with Gasteiger partial charge in [0.1, 0.15) is 5.82 Å². The lowest BCUT2D eigenvalue weighted by Crippen LogP contribution is -2.33. The number of nitrogens with one attached hydrogen (secondary N) is 1. The molecule has 0 bridgehead atoms. The number of nitrogens with two attached hydrogens (primary N) is 1. The lowest BCUT2D eigenvalue weighted by Gasteiger charge is -2.20. The van der Waals surface area contributed by atoms with Crippen LogP contribution in [0, 0.1) is 17.7 Å². The second kappa shape index (κ2) is 5.59. The molecule has 0 saturated carbocycles. The molecule has 1 aromatic carbocycles. The second-order valence-corrected chi connectivity index (χ2v) is 7.35. The quantitative estimate of drug-likeness (QED) is 0.812. The molecule has 0 radical (unpaired) electrons. The van der Waals surface area contributed by atoms with Crippen molar-refractivity contribution in [3.63, 3.8) is 0 Å². The summed E-state index contributed by atoms with van der Waals surface area (Å²) in [6, 6.07) is 3.87. The van der Waals surface area contributed by atoms with E-state index in [0.717, 1.165) is 0 Å². The number of hydrogen-bond acceptors (Lipinski definition) is 3. The maximum atomic E-state index is 13.4. The van der Waals surface area contributed by atoms with E-state index in [4.69, 9.17) is 5.73 Å². The largest absolute Gasteiger partial charge is 0.320 e. The minimum Gasteiger partial charge on any atom is -0.320 e. The number of hydrogen-bond donors (Lipinski definition) is 2. The first-order chi connectivity index (χ1) is 8.67. The zero-order valence-corrected chi connectivity index (χ0v) is 11.9. The van der Waals surface area contributed by atoms with Gasteiger partial charge in [-0.05, 0) is 39.0 Å². The molecule has 0 spiro atoms. The zero-order chi connectivity index (χ0) is 14.7. The van der Waals surface area contributed by atoms with Gasteiger partial charge in [-0.1, -0.05) is 11.8 Å². The van der Waals surface area contributed by atoms with Crippen LogP contribution in [0.3, 0.4) is 0 Å². The molecule has 0 atom stereocenters. The van der Waals surface area contributed by atoms with Gasteiger partial charge in [-0.15, -0.1) is 0 Å². The van der Waals surface area contributed by atoms with E-state index in [9.17, 15) is 12.8 Å². The Bertz CT molecular complexity index is 622. The molecule has 4 nitrogen and oxygen atoms in total. The Morgan fingerprint density at radius 2 is 2.00 bits per heavy atom. The lowest BCUT2D eigenvalue weighted by atomic mass is 10.2. The van der Waals surface area contributed by atoms with Gasteiger partial charge in [0.25, 0.3) is 0 Å². The van der Waals surface area contributed by atoms with Crippen LogP contribution in [-0.2, 0) is 10.0 Å². The Morgan fingerprint density at radius 1 is 1.37 bits per heavy atom. The lowest BCUT2D eigenvalue weighted by molar-refractivity contribution is 0.566.